The zero-order chi connectivity index (χ0) is 18.1. The average Bonchev–Trinajstić information content (AvgIpc) is 3.05. The first-order chi connectivity index (χ1) is 11.9. The van der Waals surface area contributed by atoms with Crippen LogP contribution in [0, 0.1) is 6.92 Å². The molecular formula is C15H27N7O3+2. The van der Waals surface area contributed by atoms with E-state index in [4.69, 9.17) is 10.5 Å². The Kier molecular flexibility index (Phi) is 5.16. The van der Waals surface area contributed by atoms with Crippen LogP contribution in [0.25, 0.3) is 11.2 Å². The Bertz CT molecular complexity index is 737. The Morgan fingerprint density at radius 3 is 2.84 bits per heavy atom. The largest absolute Gasteiger partial charge is 0.387 e. The number of nitrogens with one attached hydrogen (secondary N) is 1. The number of anilines is 1. The molecule has 10 nitrogen and oxygen atoms in total. The molecule has 3 heterocycles. The van der Waals surface area contributed by atoms with E-state index in [2.05, 4.69) is 20.7 Å². The number of nitrogens with two attached hydrogens (primary N) is 1. The van der Waals surface area contributed by atoms with Crippen LogP contribution in [0.2, 0.25) is 0 Å². The number of aliphatic hydroxyl groups is 2. The van der Waals surface area contributed by atoms with Crippen LogP contribution in [0.15, 0.2) is 6.33 Å². The van der Waals surface area contributed by atoms with E-state index >= 15 is 0 Å². The summed E-state index contributed by atoms with van der Waals surface area (Å²) in [5.41, 5.74) is 10.6. The number of aromatic nitrogens is 4. The molecule has 1 unspecified atom stereocenters. The van der Waals surface area contributed by atoms with Crippen molar-refractivity contribution in [2.75, 3.05) is 32.4 Å². The lowest BCUT2D eigenvalue weighted by molar-refractivity contribution is -0.884. The molecule has 0 saturated carbocycles. The van der Waals surface area contributed by atoms with Crippen LogP contribution in [0.5, 0.6) is 0 Å². The lowest BCUT2D eigenvalue weighted by Gasteiger charge is -2.20. The summed E-state index contributed by atoms with van der Waals surface area (Å²) in [6.45, 7) is 4.19. The van der Waals surface area contributed by atoms with Crippen molar-refractivity contribution in [3.63, 3.8) is 0 Å². The molecule has 0 aliphatic carbocycles. The SMILES string of the molecule is Cc1nc2c(N)ncnc2n1[C@@H]1O[C@H](C[NH+](C)CCC[NH3+])[C@@H](O)[C@H]1O. The summed E-state index contributed by atoms with van der Waals surface area (Å²) in [7, 11) is 2.04. The molecule has 1 fully saturated rings. The molecular weight excluding hydrogens is 326 g/mol. The molecule has 0 spiro atoms. The maximum atomic E-state index is 10.5. The molecule has 1 aliphatic heterocycles. The molecule has 10 heteroatoms. The number of fused-ring (bicyclic) bond motifs is 1. The summed E-state index contributed by atoms with van der Waals surface area (Å²) in [6, 6.07) is 0. The molecule has 25 heavy (non-hydrogen) atoms. The van der Waals surface area contributed by atoms with Gasteiger partial charge in [0.25, 0.3) is 0 Å². The molecule has 3 rings (SSSR count). The second-order valence-corrected chi connectivity index (χ2v) is 6.62. The molecule has 0 radical (unpaired) electrons. The monoisotopic (exact) mass is 353 g/mol. The fraction of sp³-hybridized carbons (Fsp3) is 0.667. The number of likely N-dealkylation sites (N-methyl/N-ethyl adjacent to an activating group) is 1. The number of hydrogen-bond acceptors (Lipinski definition) is 7. The Balaban J connectivity index is 1.84. The van der Waals surface area contributed by atoms with Crippen LogP contribution in [0.4, 0.5) is 5.82 Å². The van der Waals surface area contributed by atoms with Crippen LogP contribution in [0.1, 0.15) is 18.5 Å². The van der Waals surface area contributed by atoms with Gasteiger partial charge in [-0.25, -0.2) is 15.0 Å². The molecule has 0 bridgehead atoms. The van der Waals surface area contributed by atoms with Crippen molar-refractivity contribution in [2.45, 2.75) is 37.9 Å². The minimum Gasteiger partial charge on any atom is -0.387 e. The number of aliphatic hydroxyl groups excluding tert-OH is 2. The third kappa shape index (κ3) is 3.31. The third-order valence-electron chi connectivity index (χ3n) is 4.68. The third-order valence-corrected chi connectivity index (χ3v) is 4.68. The average molecular weight is 353 g/mol. The molecule has 0 amide bonds. The maximum absolute atomic E-state index is 10.5. The van der Waals surface area contributed by atoms with E-state index in [-0.39, 0.29) is 5.82 Å². The van der Waals surface area contributed by atoms with Crippen LogP contribution in [-0.2, 0) is 4.74 Å². The van der Waals surface area contributed by atoms with E-state index in [0.29, 0.717) is 23.5 Å². The molecule has 5 atom stereocenters. The zero-order valence-corrected chi connectivity index (χ0v) is 14.6. The van der Waals surface area contributed by atoms with Gasteiger partial charge in [0.05, 0.1) is 20.1 Å². The Morgan fingerprint density at radius 1 is 1.36 bits per heavy atom. The lowest BCUT2D eigenvalue weighted by Crippen LogP contribution is -3.10. The van der Waals surface area contributed by atoms with Crippen LogP contribution in [0.3, 0.4) is 0 Å². The van der Waals surface area contributed by atoms with Gasteiger partial charge in [-0.1, -0.05) is 0 Å². The molecule has 1 saturated heterocycles. The van der Waals surface area contributed by atoms with E-state index in [1.54, 1.807) is 11.5 Å². The van der Waals surface area contributed by atoms with Crippen molar-refractivity contribution >= 4 is 17.0 Å². The summed E-state index contributed by atoms with van der Waals surface area (Å²) in [5, 5.41) is 21.0. The molecule has 0 aromatic carbocycles. The highest BCUT2D eigenvalue weighted by Gasteiger charge is 2.46. The minimum absolute atomic E-state index is 0.272. The Labute approximate surface area is 145 Å². The number of nitrogen functional groups attached to an aromatic ring is 1. The van der Waals surface area contributed by atoms with Gasteiger partial charge in [-0.2, -0.15) is 0 Å². The topological polar surface area (TPSA) is 151 Å². The van der Waals surface area contributed by atoms with Crippen molar-refractivity contribution in [1.29, 1.82) is 0 Å². The predicted octanol–water partition coefficient (Wildman–Crippen LogP) is -3.52. The highest BCUT2D eigenvalue weighted by Crippen LogP contribution is 2.32. The molecule has 8 N–H and O–H groups in total. The van der Waals surface area contributed by atoms with Gasteiger partial charge in [0, 0.05) is 6.42 Å². The second-order valence-electron chi connectivity index (χ2n) is 6.62. The molecule has 2 aromatic heterocycles. The quantitative estimate of drug-likeness (QED) is 0.361. The highest BCUT2D eigenvalue weighted by molar-refractivity contribution is 5.81. The Morgan fingerprint density at radius 2 is 2.12 bits per heavy atom. The van der Waals surface area contributed by atoms with Crippen LogP contribution < -0.4 is 16.4 Å². The van der Waals surface area contributed by atoms with E-state index in [1.807, 2.05) is 7.05 Å². The number of imidazole rings is 1. The summed E-state index contributed by atoms with van der Waals surface area (Å²) in [4.78, 5) is 13.7. The summed E-state index contributed by atoms with van der Waals surface area (Å²) < 4.78 is 7.67. The van der Waals surface area contributed by atoms with Crippen molar-refractivity contribution in [1.82, 2.24) is 19.5 Å². The van der Waals surface area contributed by atoms with Crippen LogP contribution >= 0.6 is 0 Å². The molecule has 2 aromatic rings. The van der Waals surface area contributed by atoms with Crippen molar-refractivity contribution in [3.05, 3.63) is 12.2 Å². The summed E-state index contributed by atoms with van der Waals surface area (Å²) in [5.74, 6) is 0.866. The second kappa shape index (κ2) is 7.18. The number of quaternary nitrogens is 2. The Hall–Kier alpha value is -1.85. The number of hydrogen-bond donors (Lipinski definition) is 5. The fourth-order valence-corrected chi connectivity index (χ4v) is 3.32. The number of rotatable bonds is 6. The minimum atomic E-state index is -1.07. The molecule has 138 valence electrons. The van der Waals surface area contributed by atoms with Gasteiger partial charge in [0.15, 0.2) is 23.2 Å². The van der Waals surface area contributed by atoms with Crippen molar-refractivity contribution < 1.29 is 25.6 Å². The van der Waals surface area contributed by atoms with E-state index in [1.165, 1.54) is 11.2 Å². The van der Waals surface area contributed by atoms with Crippen molar-refractivity contribution in [3.8, 4) is 0 Å². The normalized spacial score (nSPS) is 27.9. The van der Waals surface area contributed by atoms with E-state index < -0.39 is 24.5 Å². The van der Waals surface area contributed by atoms with E-state index in [0.717, 1.165) is 19.5 Å². The van der Waals surface area contributed by atoms with Crippen molar-refractivity contribution in [2.24, 2.45) is 0 Å². The number of aryl methyl sites for hydroxylation is 1. The zero-order valence-electron chi connectivity index (χ0n) is 14.6. The van der Waals surface area contributed by atoms with E-state index in [9.17, 15) is 10.2 Å². The van der Waals surface area contributed by atoms with Gasteiger partial charge in [-0.05, 0) is 6.92 Å². The summed E-state index contributed by atoms with van der Waals surface area (Å²) >= 11 is 0. The smallest absolute Gasteiger partial charge is 0.167 e. The van der Waals surface area contributed by atoms with Gasteiger partial charge >= 0.3 is 0 Å². The van der Waals surface area contributed by atoms with Gasteiger partial charge in [-0.3, -0.25) is 4.57 Å². The number of ether oxygens (including phenoxy) is 1. The van der Waals surface area contributed by atoms with Gasteiger partial charge in [0.2, 0.25) is 0 Å². The van der Waals surface area contributed by atoms with Crippen LogP contribution in [-0.4, -0.2) is 74.7 Å². The standard InChI is InChI=1S/C15H25N7O3/c1-8-20-10-13(17)18-7-19-14(10)22(8)15-12(24)11(23)9(25-15)6-21(2)5-3-4-16/h7,9,11-12,15,23-24H,3-6,16H2,1-2H3,(H2,17,18,19)/p+2/t9-,11-,12-,15-/m1/s1. The number of nitrogens with zero attached hydrogens (tertiary/aromatic N) is 4. The predicted molar refractivity (Wildman–Crippen MR) is 89.4 cm³/mol. The van der Waals surface area contributed by atoms with Gasteiger partial charge in [0.1, 0.15) is 37.0 Å². The summed E-state index contributed by atoms with van der Waals surface area (Å²) in [6.07, 6.45) is -0.932. The lowest BCUT2D eigenvalue weighted by atomic mass is 10.1. The first kappa shape index (κ1) is 18.0. The first-order valence-electron chi connectivity index (χ1n) is 8.51. The molecule has 1 aliphatic rings. The first-order valence-corrected chi connectivity index (χ1v) is 8.51. The maximum Gasteiger partial charge on any atom is 0.167 e. The highest BCUT2D eigenvalue weighted by atomic mass is 16.6. The van der Waals surface area contributed by atoms with Gasteiger partial charge in [-0.15, -0.1) is 0 Å². The fourth-order valence-electron chi connectivity index (χ4n) is 3.32. The van der Waals surface area contributed by atoms with Gasteiger partial charge < -0.3 is 31.3 Å².